The molecule has 5 aromatic carbocycles. The minimum Gasteiger partial charge on any atom is -0.254 e. The van der Waals surface area contributed by atoms with Gasteiger partial charge in [-0.3, -0.25) is 15.0 Å². The van der Waals surface area contributed by atoms with Gasteiger partial charge in [0.05, 0.1) is 34.2 Å². The van der Waals surface area contributed by atoms with Gasteiger partial charge in [-0.2, -0.15) is 0 Å². The van der Waals surface area contributed by atoms with Crippen LogP contribution in [0.5, 0.6) is 0 Å². The lowest BCUT2D eigenvalue weighted by molar-refractivity contribution is 0.271. The van der Waals surface area contributed by atoms with Crippen LogP contribution in [0.15, 0.2) is 248 Å². The molecule has 16 bridgehead atoms. The number of pyridine rings is 3. The summed E-state index contributed by atoms with van der Waals surface area (Å²) in [6.07, 6.45) is 16.1. The number of benzene rings is 5. The summed E-state index contributed by atoms with van der Waals surface area (Å²) in [5.74, 6) is 0.0900. The van der Waals surface area contributed by atoms with E-state index in [1.54, 1.807) is 0 Å². The van der Waals surface area contributed by atoms with Crippen LogP contribution < -0.4 is 0 Å². The van der Waals surface area contributed by atoms with Crippen molar-refractivity contribution in [1.82, 2.24) is 15.0 Å². The van der Waals surface area contributed by atoms with E-state index in [4.69, 9.17) is 15.0 Å². The van der Waals surface area contributed by atoms with E-state index >= 15 is 0 Å². The Balaban J connectivity index is 1.36. The van der Waals surface area contributed by atoms with Crippen LogP contribution in [-0.2, 0) is 21.7 Å². The van der Waals surface area contributed by atoms with E-state index in [-0.39, 0.29) is 11.8 Å². The summed E-state index contributed by atoms with van der Waals surface area (Å²) >= 11 is 0. The highest BCUT2D eigenvalue weighted by atomic mass is 14.9. The van der Waals surface area contributed by atoms with E-state index in [2.05, 4.69) is 237 Å². The topological polar surface area (TPSA) is 38.7 Å². The molecular formula is C61H45N3. The fourth-order valence-electron chi connectivity index (χ4n) is 13.0. The molecule has 3 aromatic heterocycles. The summed E-state index contributed by atoms with van der Waals surface area (Å²) in [5.41, 5.74) is 12.1. The first-order valence-corrected chi connectivity index (χ1v) is 22.7. The third kappa shape index (κ3) is 4.79. The molecule has 8 aromatic rings. The van der Waals surface area contributed by atoms with Crippen molar-refractivity contribution in [2.75, 3.05) is 0 Å². The Labute approximate surface area is 375 Å². The third-order valence-corrected chi connectivity index (χ3v) is 15.5. The van der Waals surface area contributed by atoms with Gasteiger partial charge in [0, 0.05) is 5.41 Å². The molecule has 4 atom stereocenters. The molecular weight excluding hydrogens is 775 g/mol. The molecule has 4 unspecified atom stereocenters. The van der Waals surface area contributed by atoms with Crippen molar-refractivity contribution in [3.8, 4) is 0 Å². The van der Waals surface area contributed by atoms with Gasteiger partial charge in [0.25, 0.3) is 0 Å². The standard InChI is InChI=1S/C61H45N3/c1-5-19-42(20-6-1)58-46-27-13-30-49(39-46)59(43-21-7-2-8-22-43)52-33-16-35-54(62-52)60(44-23-9-3-10-24-44,50-31-14-28-47(58)40-50)56-37-18-38-57(64-56)61(45-25-11-4-12-26-45,51-32-15-29-48(58)41-51)55-36-17-34-53(59)63-55/h1-39,47-48H,40-41H2. The number of hydrogen-bond donors (Lipinski definition) is 0. The molecule has 304 valence electrons. The van der Waals surface area contributed by atoms with E-state index in [0.717, 1.165) is 69.3 Å². The molecule has 0 fully saturated rings. The van der Waals surface area contributed by atoms with Gasteiger partial charge in [-0.05, 0) is 106 Å². The first-order chi connectivity index (χ1) is 31.7. The van der Waals surface area contributed by atoms with Crippen LogP contribution in [0.2, 0.25) is 0 Å². The van der Waals surface area contributed by atoms with Crippen LogP contribution in [0.25, 0.3) is 0 Å². The quantitative estimate of drug-likeness (QED) is 0.178. The fourth-order valence-corrected chi connectivity index (χ4v) is 13.0. The maximum atomic E-state index is 6.10. The summed E-state index contributed by atoms with van der Waals surface area (Å²) in [6.45, 7) is 0. The van der Waals surface area contributed by atoms with Crippen molar-refractivity contribution in [2.45, 2.75) is 34.5 Å². The second-order valence-electron chi connectivity index (χ2n) is 18.2. The van der Waals surface area contributed by atoms with Crippen LogP contribution in [-0.4, -0.2) is 15.0 Å². The molecule has 14 rings (SSSR count). The minimum atomic E-state index is -0.937. The summed E-state index contributed by atoms with van der Waals surface area (Å²) < 4.78 is 0. The molecule has 0 N–H and O–H groups in total. The van der Waals surface area contributed by atoms with Crippen LogP contribution in [0.1, 0.15) is 80.4 Å². The molecule has 6 aliphatic rings. The van der Waals surface area contributed by atoms with Gasteiger partial charge in [0.15, 0.2) is 0 Å². The van der Waals surface area contributed by atoms with Crippen LogP contribution in [0.4, 0.5) is 0 Å². The smallest absolute Gasteiger partial charge is 0.104 e. The molecule has 0 saturated carbocycles. The summed E-state index contributed by atoms with van der Waals surface area (Å²) in [5, 5.41) is 0. The van der Waals surface area contributed by atoms with Gasteiger partial charge in [0.1, 0.15) is 16.2 Å². The molecule has 3 nitrogen and oxygen atoms in total. The van der Waals surface area contributed by atoms with Gasteiger partial charge >= 0.3 is 0 Å². The Kier molecular flexibility index (Phi) is 8.12. The highest BCUT2D eigenvalue weighted by Crippen LogP contribution is 2.60. The third-order valence-electron chi connectivity index (χ3n) is 15.5. The van der Waals surface area contributed by atoms with Crippen molar-refractivity contribution in [3.63, 3.8) is 0 Å². The van der Waals surface area contributed by atoms with E-state index in [9.17, 15) is 0 Å². The van der Waals surface area contributed by atoms with Crippen molar-refractivity contribution < 1.29 is 0 Å². The molecule has 0 saturated heterocycles. The highest BCUT2D eigenvalue weighted by molar-refractivity contribution is 5.66. The van der Waals surface area contributed by atoms with Crippen molar-refractivity contribution >= 4 is 0 Å². The van der Waals surface area contributed by atoms with Crippen LogP contribution in [0, 0.1) is 11.8 Å². The van der Waals surface area contributed by atoms with E-state index in [0.29, 0.717) is 0 Å². The van der Waals surface area contributed by atoms with E-state index < -0.39 is 21.7 Å². The maximum absolute atomic E-state index is 6.10. The monoisotopic (exact) mass is 819 g/mol. The van der Waals surface area contributed by atoms with Crippen LogP contribution >= 0.6 is 0 Å². The zero-order valence-electron chi connectivity index (χ0n) is 35.4. The Morgan fingerprint density at radius 1 is 0.312 bits per heavy atom. The van der Waals surface area contributed by atoms with Gasteiger partial charge in [-0.15, -0.1) is 0 Å². The average molecular weight is 820 g/mol. The molecule has 0 spiro atoms. The first-order valence-electron chi connectivity index (χ1n) is 22.7. The molecule has 3 heteroatoms. The molecule has 64 heavy (non-hydrogen) atoms. The van der Waals surface area contributed by atoms with Gasteiger partial charge in [-0.25, -0.2) is 0 Å². The lowest BCUT2D eigenvalue weighted by Crippen LogP contribution is -2.48. The first kappa shape index (κ1) is 37.1. The van der Waals surface area contributed by atoms with Crippen molar-refractivity contribution in [3.05, 3.63) is 315 Å². The summed E-state index contributed by atoms with van der Waals surface area (Å²) in [4.78, 5) is 18.3. The molecule has 4 aliphatic heterocycles. The predicted molar refractivity (Wildman–Crippen MR) is 255 cm³/mol. The lowest BCUT2D eigenvalue weighted by atomic mass is 9.51. The Hall–Kier alpha value is -7.49. The Bertz CT molecular complexity index is 3090. The second kappa shape index (κ2) is 14.0. The molecule has 0 amide bonds. The maximum Gasteiger partial charge on any atom is 0.104 e. The van der Waals surface area contributed by atoms with Crippen molar-refractivity contribution in [1.29, 1.82) is 0 Å². The largest absolute Gasteiger partial charge is 0.254 e. The number of rotatable bonds is 4. The highest BCUT2D eigenvalue weighted by Gasteiger charge is 2.56. The number of aromatic nitrogens is 3. The van der Waals surface area contributed by atoms with Gasteiger partial charge in [-0.1, -0.05) is 200 Å². The second-order valence-corrected chi connectivity index (χ2v) is 18.2. The zero-order valence-corrected chi connectivity index (χ0v) is 35.4. The zero-order chi connectivity index (χ0) is 42.4. The molecule has 2 aliphatic carbocycles. The van der Waals surface area contributed by atoms with Gasteiger partial charge < -0.3 is 0 Å². The predicted octanol–water partition coefficient (Wildman–Crippen LogP) is 12.6. The SMILES string of the molecule is C1=CC2CC(=C1)C1(c3ccccc3)c3cccc(n3)C3(c4ccccc4)C4=CC=CC(C4)C2(c2ccccc2)c2cccc(c2)C(c2ccccc2)(c2cccc1n2)c1cccc3n1. The molecule has 0 radical (unpaired) electrons. The van der Waals surface area contributed by atoms with Crippen LogP contribution in [0.3, 0.4) is 0 Å². The van der Waals surface area contributed by atoms with Gasteiger partial charge in [0.2, 0.25) is 0 Å². The van der Waals surface area contributed by atoms with E-state index in [1.165, 1.54) is 22.3 Å². The molecule has 7 heterocycles. The van der Waals surface area contributed by atoms with Crippen molar-refractivity contribution in [2.24, 2.45) is 11.8 Å². The Morgan fingerprint density at radius 3 is 1.06 bits per heavy atom. The Morgan fingerprint density at radius 2 is 0.641 bits per heavy atom. The summed E-state index contributed by atoms with van der Waals surface area (Å²) in [7, 11) is 0. The number of nitrogens with zero attached hydrogens (tertiary/aromatic N) is 3. The lowest BCUT2D eigenvalue weighted by Gasteiger charge is -2.52. The van der Waals surface area contributed by atoms with E-state index in [1.807, 2.05) is 0 Å². The fraction of sp³-hybridized carbons (Fsp3) is 0.131. The number of allylic oxidation sites excluding steroid dienone is 8. The average Bonchev–Trinajstić information content (AvgIpc) is 3.37. The normalized spacial score (nSPS) is 26.6. The number of hydrogen-bond acceptors (Lipinski definition) is 3. The minimum absolute atomic E-state index is 0.0450. The summed E-state index contributed by atoms with van der Waals surface area (Å²) in [6, 6.07) is 74.4.